The van der Waals surface area contributed by atoms with Crippen LogP contribution in [-0.2, 0) is 22.1 Å². The number of fused-ring (bicyclic) bond motifs is 1. The van der Waals surface area contributed by atoms with E-state index in [0.29, 0.717) is 19.1 Å². The number of allylic oxidation sites excluding steroid dienone is 1. The Morgan fingerprint density at radius 1 is 1.13 bits per heavy atom. The first-order chi connectivity index (χ1) is 17.9. The van der Waals surface area contributed by atoms with Gasteiger partial charge in [0.2, 0.25) is 0 Å². The average molecular weight is 518 g/mol. The van der Waals surface area contributed by atoms with Crippen molar-refractivity contribution in [3.8, 4) is 11.3 Å². The van der Waals surface area contributed by atoms with Gasteiger partial charge < -0.3 is 19.5 Å². The van der Waals surface area contributed by atoms with Crippen LogP contribution in [0.25, 0.3) is 11.3 Å². The lowest BCUT2D eigenvalue weighted by Crippen LogP contribution is -2.48. The number of nitrogens with zero attached hydrogens (tertiary/aromatic N) is 2. The molecule has 2 aliphatic heterocycles. The highest BCUT2D eigenvalue weighted by Gasteiger charge is 2.37. The molecule has 5 heteroatoms. The predicted molar refractivity (Wildman–Crippen MR) is 157 cm³/mol. The lowest BCUT2D eigenvalue weighted by molar-refractivity contribution is -0.00347. The van der Waals surface area contributed by atoms with Crippen LogP contribution >= 0.6 is 0 Å². The number of carbonyl (C=O) groups excluding carboxylic acids is 1. The largest absolute Gasteiger partial charge is 0.377 e. The van der Waals surface area contributed by atoms with Crippen molar-refractivity contribution in [2.24, 2.45) is 5.92 Å². The molecule has 0 spiro atoms. The van der Waals surface area contributed by atoms with Crippen molar-refractivity contribution in [3.63, 3.8) is 0 Å². The summed E-state index contributed by atoms with van der Waals surface area (Å²) in [7, 11) is 2.16. The number of amides is 1. The van der Waals surface area contributed by atoms with Crippen LogP contribution in [0.2, 0.25) is 0 Å². The van der Waals surface area contributed by atoms with Crippen LogP contribution in [0.3, 0.4) is 0 Å². The third kappa shape index (κ3) is 4.95. The van der Waals surface area contributed by atoms with E-state index in [2.05, 4.69) is 88.2 Å². The highest BCUT2D eigenvalue weighted by Crippen LogP contribution is 2.49. The van der Waals surface area contributed by atoms with Gasteiger partial charge in [-0.3, -0.25) is 4.79 Å². The molecule has 1 amide bonds. The first kappa shape index (κ1) is 27.1. The Labute approximate surface area is 229 Å². The Kier molecular flexibility index (Phi) is 7.04. The summed E-state index contributed by atoms with van der Waals surface area (Å²) in [5, 5.41) is 3.18. The maximum atomic E-state index is 13.4. The van der Waals surface area contributed by atoms with Crippen LogP contribution in [0.4, 0.5) is 5.69 Å². The van der Waals surface area contributed by atoms with Gasteiger partial charge in [0.25, 0.3) is 5.91 Å². The SMILES string of the molecule is C=C1CC(C)(C)c2cc(-c3cc(C(=O)NC4COC4)c(C)n3CC3CCCCC3)cc(C(C)(C)C)c2N1C. The molecule has 0 unspecified atom stereocenters. The van der Waals surface area contributed by atoms with Gasteiger partial charge in [-0.15, -0.1) is 0 Å². The molecular weight excluding hydrogens is 470 g/mol. The first-order valence-corrected chi connectivity index (χ1v) is 14.6. The number of rotatable bonds is 5. The summed E-state index contributed by atoms with van der Waals surface area (Å²) >= 11 is 0. The molecule has 2 aromatic rings. The van der Waals surface area contributed by atoms with Crippen molar-refractivity contribution in [2.75, 3.05) is 25.2 Å². The Balaban J connectivity index is 1.67. The van der Waals surface area contributed by atoms with Crippen molar-refractivity contribution in [1.29, 1.82) is 0 Å². The molecule has 1 saturated heterocycles. The normalized spacial score (nSPS) is 20.3. The molecule has 5 nitrogen and oxygen atoms in total. The van der Waals surface area contributed by atoms with Gasteiger partial charge >= 0.3 is 0 Å². The fourth-order valence-corrected chi connectivity index (χ4v) is 6.67. The molecule has 1 aromatic heterocycles. The van der Waals surface area contributed by atoms with Gasteiger partial charge in [-0.05, 0) is 77.8 Å². The van der Waals surface area contributed by atoms with E-state index in [1.807, 2.05) is 0 Å². The molecule has 206 valence electrons. The van der Waals surface area contributed by atoms with Crippen LogP contribution in [0.15, 0.2) is 30.5 Å². The molecule has 3 aliphatic rings. The summed E-state index contributed by atoms with van der Waals surface area (Å²) in [4.78, 5) is 15.7. The minimum Gasteiger partial charge on any atom is -0.377 e. The summed E-state index contributed by atoms with van der Waals surface area (Å²) < 4.78 is 7.76. The Morgan fingerprint density at radius 2 is 1.82 bits per heavy atom. The van der Waals surface area contributed by atoms with E-state index in [1.54, 1.807) is 0 Å². The number of ether oxygens (including phenoxy) is 1. The quantitative estimate of drug-likeness (QED) is 0.460. The summed E-state index contributed by atoms with van der Waals surface area (Å²) in [6.45, 7) is 20.3. The molecule has 2 fully saturated rings. The molecule has 0 atom stereocenters. The number of carbonyl (C=O) groups is 1. The number of nitrogens with one attached hydrogen (secondary N) is 1. The van der Waals surface area contributed by atoms with Crippen molar-refractivity contribution in [3.05, 3.63) is 52.9 Å². The third-order valence-corrected chi connectivity index (χ3v) is 9.15. The maximum Gasteiger partial charge on any atom is 0.253 e. The molecule has 3 heterocycles. The fraction of sp³-hybridized carbons (Fsp3) is 0.606. The van der Waals surface area contributed by atoms with Gasteiger partial charge in [0.1, 0.15) is 0 Å². The average Bonchev–Trinajstić information content (AvgIpc) is 3.15. The molecule has 1 aromatic carbocycles. The highest BCUT2D eigenvalue weighted by molar-refractivity contribution is 5.97. The number of hydrogen-bond acceptors (Lipinski definition) is 3. The summed E-state index contributed by atoms with van der Waals surface area (Å²) in [6, 6.07) is 7.06. The minimum atomic E-state index is -0.0394. The van der Waals surface area contributed by atoms with Gasteiger partial charge in [-0.1, -0.05) is 60.5 Å². The number of hydrogen-bond donors (Lipinski definition) is 1. The van der Waals surface area contributed by atoms with Crippen LogP contribution in [-0.4, -0.2) is 36.8 Å². The summed E-state index contributed by atoms with van der Waals surface area (Å²) in [6.07, 6.45) is 7.45. The summed E-state index contributed by atoms with van der Waals surface area (Å²) in [5.41, 5.74) is 9.36. The van der Waals surface area contributed by atoms with E-state index in [1.165, 1.54) is 60.2 Å². The van der Waals surface area contributed by atoms with Crippen molar-refractivity contribution >= 4 is 11.6 Å². The van der Waals surface area contributed by atoms with Gasteiger partial charge in [0.05, 0.1) is 24.8 Å². The fourth-order valence-electron chi connectivity index (χ4n) is 6.67. The van der Waals surface area contributed by atoms with Crippen LogP contribution in [0, 0.1) is 12.8 Å². The molecule has 38 heavy (non-hydrogen) atoms. The monoisotopic (exact) mass is 517 g/mol. The second kappa shape index (κ2) is 9.89. The van der Waals surface area contributed by atoms with Gasteiger partial charge in [0.15, 0.2) is 0 Å². The second-order valence-electron chi connectivity index (χ2n) is 13.7. The third-order valence-electron chi connectivity index (χ3n) is 9.15. The zero-order valence-electron chi connectivity index (χ0n) is 24.7. The molecule has 1 aliphatic carbocycles. The molecule has 1 N–H and O–H groups in total. The van der Waals surface area contributed by atoms with Crippen LogP contribution in [0.5, 0.6) is 0 Å². The zero-order valence-corrected chi connectivity index (χ0v) is 24.7. The van der Waals surface area contributed by atoms with Gasteiger partial charge in [0, 0.05) is 36.4 Å². The number of aromatic nitrogens is 1. The van der Waals surface area contributed by atoms with Gasteiger partial charge in [-0.25, -0.2) is 0 Å². The predicted octanol–water partition coefficient (Wildman–Crippen LogP) is 7.10. The molecule has 0 radical (unpaired) electrons. The smallest absolute Gasteiger partial charge is 0.253 e. The number of benzene rings is 1. The van der Waals surface area contributed by atoms with E-state index in [4.69, 9.17) is 4.74 Å². The second-order valence-corrected chi connectivity index (χ2v) is 13.7. The molecule has 1 saturated carbocycles. The van der Waals surface area contributed by atoms with E-state index in [9.17, 15) is 4.79 Å². The minimum absolute atomic E-state index is 0.0183. The van der Waals surface area contributed by atoms with Gasteiger partial charge in [-0.2, -0.15) is 0 Å². The standard InChI is InChI=1S/C33H47N3O2/c1-21-17-33(6,7)28-15-24(14-27(32(3,4)5)30(28)35(21)8)29-16-26(31(37)34-25-19-38-20-25)22(2)36(29)18-23-12-10-9-11-13-23/h14-16,23,25H,1,9-13,17-20H2,2-8H3,(H,34,37). The van der Waals surface area contributed by atoms with E-state index in [-0.39, 0.29) is 22.8 Å². The lowest BCUT2D eigenvalue weighted by Gasteiger charge is -2.43. The van der Waals surface area contributed by atoms with E-state index >= 15 is 0 Å². The Hall–Kier alpha value is -2.53. The van der Waals surface area contributed by atoms with Crippen molar-refractivity contribution in [1.82, 2.24) is 9.88 Å². The van der Waals surface area contributed by atoms with Crippen molar-refractivity contribution in [2.45, 2.75) is 103 Å². The maximum absolute atomic E-state index is 13.4. The zero-order chi connectivity index (χ0) is 27.4. The first-order valence-electron chi connectivity index (χ1n) is 14.6. The molecular formula is C33H47N3O2. The van der Waals surface area contributed by atoms with Crippen LogP contribution in [0.1, 0.15) is 100 Å². The lowest BCUT2D eigenvalue weighted by atomic mass is 9.72. The Bertz CT molecular complexity index is 1220. The van der Waals surface area contributed by atoms with Crippen molar-refractivity contribution < 1.29 is 9.53 Å². The molecule has 5 rings (SSSR count). The van der Waals surface area contributed by atoms with E-state index < -0.39 is 0 Å². The van der Waals surface area contributed by atoms with E-state index in [0.717, 1.165) is 29.9 Å². The highest BCUT2D eigenvalue weighted by atomic mass is 16.5. The number of anilines is 1. The molecule has 0 bridgehead atoms. The van der Waals surface area contributed by atoms with Crippen LogP contribution < -0.4 is 10.2 Å². The Morgan fingerprint density at radius 3 is 2.42 bits per heavy atom. The topological polar surface area (TPSA) is 46.5 Å². The summed E-state index contributed by atoms with van der Waals surface area (Å²) in [5.74, 6) is 0.681.